The van der Waals surface area contributed by atoms with E-state index in [1.165, 1.54) is 0 Å². The average Bonchev–Trinajstić information content (AvgIpc) is 2.84. The lowest BCUT2D eigenvalue weighted by Crippen LogP contribution is -2.38. The highest BCUT2D eigenvalue weighted by Crippen LogP contribution is 2.05. The summed E-state index contributed by atoms with van der Waals surface area (Å²) in [7, 11) is 1.86. The van der Waals surface area contributed by atoms with Crippen LogP contribution in [0.5, 0.6) is 0 Å². The Bertz CT molecular complexity index is 533. The molecule has 2 N–H and O–H groups in total. The van der Waals surface area contributed by atoms with Crippen molar-refractivity contribution in [1.29, 1.82) is 0 Å². The first-order valence-corrected chi connectivity index (χ1v) is 6.38. The third-order valence-electron chi connectivity index (χ3n) is 2.94. The van der Waals surface area contributed by atoms with Crippen LogP contribution in [0.15, 0.2) is 48.7 Å². The molecule has 0 saturated heterocycles. The van der Waals surface area contributed by atoms with E-state index in [4.69, 9.17) is 0 Å². The summed E-state index contributed by atoms with van der Waals surface area (Å²) in [5, 5.41) is 6.26. The van der Waals surface area contributed by atoms with Crippen molar-refractivity contribution in [2.24, 2.45) is 7.05 Å². The van der Waals surface area contributed by atoms with Crippen LogP contribution in [-0.4, -0.2) is 23.1 Å². The number of carbonyl (C=O) groups is 1. The van der Waals surface area contributed by atoms with Gasteiger partial charge in [0, 0.05) is 31.5 Å². The Morgan fingerprint density at radius 3 is 2.58 bits per heavy atom. The summed E-state index contributed by atoms with van der Waals surface area (Å²) in [6, 6.07) is 13.7. The van der Waals surface area contributed by atoms with E-state index in [1.807, 2.05) is 67.2 Å². The molecule has 0 saturated carbocycles. The number of nitrogens with one attached hydrogen (secondary N) is 2. The number of amides is 1. The van der Waals surface area contributed by atoms with Gasteiger partial charge in [-0.15, -0.1) is 0 Å². The Morgan fingerprint density at radius 2 is 1.95 bits per heavy atom. The van der Waals surface area contributed by atoms with Gasteiger partial charge in [0.25, 0.3) is 5.91 Å². The fourth-order valence-corrected chi connectivity index (χ4v) is 1.87. The molecule has 0 aliphatic carbocycles. The number of para-hydroxylation sites is 1. The van der Waals surface area contributed by atoms with Crippen molar-refractivity contribution in [1.82, 2.24) is 9.88 Å². The molecule has 0 radical (unpaired) electrons. The number of carbonyl (C=O) groups excluding carboxylic acids is 1. The zero-order valence-corrected chi connectivity index (χ0v) is 11.3. The maximum absolute atomic E-state index is 12.0. The second kappa shape index (κ2) is 6.09. The minimum Gasteiger partial charge on any atom is -0.383 e. The Labute approximate surface area is 113 Å². The normalized spacial score (nSPS) is 11.9. The van der Waals surface area contributed by atoms with Gasteiger partial charge in [-0.1, -0.05) is 18.2 Å². The fraction of sp³-hybridized carbons (Fsp3) is 0.267. The number of nitrogens with zero attached hydrogens (tertiary/aromatic N) is 1. The summed E-state index contributed by atoms with van der Waals surface area (Å²) in [5.74, 6) is -0.0464. The summed E-state index contributed by atoms with van der Waals surface area (Å²) >= 11 is 0. The van der Waals surface area contributed by atoms with E-state index >= 15 is 0 Å². The van der Waals surface area contributed by atoms with Crippen molar-refractivity contribution in [2.75, 3.05) is 11.9 Å². The Hall–Kier alpha value is -2.23. The smallest absolute Gasteiger partial charge is 0.268 e. The van der Waals surface area contributed by atoms with E-state index in [0.29, 0.717) is 12.2 Å². The second-order valence-corrected chi connectivity index (χ2v) is 4.63. The van der Waals surface area contributed by atoms with Gasteiger partial charge in [-0.25, -0.2) is 0 Å². The second-order valence-electron chi connectivity index (χ2n) is 4.63. The molecule has 0 fully saturated rings. The molecule has 0 spiro atoms. The molecule has 2 aromatic rings. The number of aromatic nitrogens is 1. The lowest BCUT2D eigenvalue weighted by Gasteiger charge is -2.15. The number of aryl methyl sites for hydroxylation is 1. The van der Waals surface area contributed by atoms with Gasteiger partial charge >= 0.3 is 0 Å². The van der Waals surface area contributed by atoms with Crippen LogP contribution in [0, 0.1) is 0 Å². The van der Waals surface area contributed by atoms with Crippen LogP contribution in [0.3, 0.4) is 0 Å². The van der Waals surface area contributed by atoms with Crippen LogP contribution >= 0.6 is 0 Å². The molecule has 1 aromatic carbocycles. The maximum Gasteiger partial charge on any atom is 0.268 e. The predicted molar refractivity (Wildman–Crippen MR) is 77.3 cm³/mol. The largest absolute Gasteiger partial charge is 0.383 e. The Morgan fingerprint density at radius 1 is 1.21 bits per heavy atom. The molecular formula is C15H19N3O. The molecule has 1 atom stereocenters. The molecule has 1 amide bonds. The van der Waals surface area contributed by atoms with Gasteiger partial charge in [0.05, 0.1) is 0 Å². The van der Waals surface area contributed by atoms with E-state index in [-0.39, 0.29) is 11.9 Å². The van der Waals surface area contributed by atoms with Crippen LogP contribution in [0.1, 0.15) is 17.4 Å². The lowest BCUT2D eigenvalue weighted by atomic mass is 10.2. The first kappa shape index (κ1) is 13.2. The summed E-state index contributed by atoms with van der Waals surface area (Å²) in [6.45, 7) is 2.68. The highest BCUT2D eigenvalue weighted by molar-refractivity contribution is 5.92. The summed E-state index contributed by atoms with van der Waals surface area (Å²) in [6.07, 6.45) is 1.86. The van der Waals surface area contributed by atoms with Crippen molar-refractivity contribution < 1.29 is 4.79 Å². The minimum absolute atomic E-state index is 0.0464. The van der Waals surface area contributed by atoms with E-state index in [0.717, 1.165) is 5.69 Å². The van der Waals surface area contributed by atoms with Gasteiger partial charge < -0.3 is 15.2 Å². The highest BCUT2D eigenvalue weighted by atomic mass is 16.2. The van der Waals surface area contributed by atoms with Crippen LogP contribution in [0.2, 0.25) is 0 Å². The predicted octanol–water partition coefficient (Wildman–Crippen LogP) is 2.26. The molecule has 4 nitrogen and oxygen atoms in total. The van der Waals surface area contributed by atoms with E-state index in [2.05, 4.69) is 10.6 Å². The third kappa shape index (κ3) is 3.61. The maximum atomic E-state index is 12.0. The molecule has 100 valence electrons. The van der Waals surface area contributed by atoms with Gasteiger partial charge in [-0.05, 0) is 31.2 Å². The van der Waals surface area contributed by atoms with Crippen molar-refractivity contribution in [2.45, 2.75) is 13.0 Å². The SMILES string of the molecule is C[C@@H](CNc1ccccc1)NC(=O)c1cccn1C. The fourth-order valence-electron chi connectivity index (χ4n) is 1.87. The van der Waals surface area contributed by atoms with Gasteiger partial charge in [-0.3, -0.25) is 4.79 Å². The first-order chi connectivity index (χ1) is 9.16. The zero-order valence-electron chi connectivity index (χ0n) is 11.3. The van der Waals surface area contributed by atoms with E-state index in [9.17, 15) is 4.79 Å². The third-order valence-corrected chi connectivity index (χ3v) is 2.94. The quantitative estimate of drug-likeness (QED) is 0.863. The Balaban J connectivity index is 1.83. The number of hydrogen-bond donors (Lipinski definition) is 2. The van der Waals surface area contributed by atoms with Crippen molar-refractivity contribution >= 4 is 11.6 Å². The lowest BCUT2D eigenvalue weighted by molar-refractivity contribution is 0.0934. The van der Waals surface area contributed by atoms with Gasteiger partial charge in [0.1, 0.15) is 5.69 Å². The number of benzene rings is 1. The van der Waals surface area contributed by atoms with Gasteiger partial charge in [-0.2, -0.15) is 0 Å². The number of anilines is 1. The molecule has 2 rings (SSSR count). The van der Waals surface area contributed by atoms with Crippen LogP contribution in [0.4, 0.5) is 5.69 Å². The molecule has 1 heterocycles. The van der Waals surface area contributed by atoms with E-state index < -0.39 is 0 Å². The summed E-state index contributed by atoms with van der Waals surface area (Å²) in [4.78, 5) is 12.0. The van der Waals surface area contributed by atoms with Crippen molar-refractivity contribution in [3.63, 3.8) is 0 Å². The van der Waals surface area contributed by atoms with Crippen LogP contribution in [-0.2, 0) is 7.05 Å². The number of rotatable bonds is 5. The van der Waals surface area contributed by atoms with Gasteiger partial charge in [0.2, 0.25) is 0 Å². The molecule has 0 unspecified atom stereocenters. The number of hydrogen-bond acceptors (Lipinski definition) is 2. The molecule has 4 heteroatoms. The van der Waals surface area contributed by atoms with Gasteiger partial charge in [0.15, 0.2) is 0 Å². The summed E-state index contributed by atoms with van der Waals surface area (Å²) in [5.41, 5.74) is 1.73. The van der Waals surface area contributed by atoms with Crippen molar-refractivity contribution in [3.05, 3.63) is 54.4 Å². The molecule has 1 aromatic heterocycles. The first-order valence-electron chi connectivity index (χ1n) is 6.38. The molecule has 0 aliphatic heterocycles. The molecule has 19 heavy (non-hydrogen) atoms. The topological polar surface area (TPSA) is 46.1 Å². The van der Waals surface area contributed by atoms with E-state index in [1.54, 1.807) is 0 Å². The molecule has 0 bridgehead atoms. The monoisotopic (exact) mass is 257 g/mol. The Kier molecular flexibility index (Phi) is 4.23. The minimum atomic E-state index is -0.0464. The molecular weight excluding hydrogens is 238 g/mol. The molecule has 0 aliphatic rings. The zero-order chi connectivity index (χ0) is 13.7. The standard InChI is InChI=1S/C15H19N3O/c1-12(11-16-13-7-4-3-5-8-13)17-15(19)14-9-6-10-18(14)2/h3-10,12,16H,11H2,1-2H3,(H,17,19)/t12-/m0/s1. The van der Waals surface area contributed by atoms with Crippen molar-refractivity contribution in [3.8, 4) is 0 Å². The average molecular weight is 257 g/mol. The highest BCUT2D eigenvalue weighted by Gasteiger charge is 2.11. The van der Waals surface area contributed by atoms with Crippen LogP contribution in [0.25, 0.3) is 0 Å². The summed E-state index contributed by atoms with van der Waals surface area (Å²) < 4.78 is 1.81. The van der Waals surface area contributed by atoms with Crippen LogP contribution < -0.4 is 10.6 Å².